The highest BCUT2D eigenvalue weighted by Gasteiger charge is 2.14. The van der Waals surface area contributed by atoms with E-state index < -0.39 is 0 Å². The molecule has 94 valence electrons. The summed E-state index contributed by atoms with van der Waals surface area (Å²) >= 11 is 3.59. The largest absolute Gasteiger partial charge is 0.297 e. The fourth-order valence-corrected chi connectivity index (χ4v) is 2.20. The van der Waals surface area contributed by atoms with Crippen molar-refractivity contribution in [1.29, 1.82) is 5.26 Å². The molecule has 4 nitrogen and oxygen atoms in total. The van der Waals surface area contributed by atoms with Crippen LogP contribution in [0.25, 0.3) is 0 Å². The van der Waals surface area contributed by atoms with Crippen LogP contribution in [0, 0.1) is 18.3 Å². The molecule has 1 aromatic rings. The van der Waals surface area contributed by atoms with Gasteiger partial charge >= 0.3 is 0 Å². The molecule has 5 heteroatoms. The second kappa shape index (κ2) is 6.77. The zero-order chi connectivity index (χ0) is 12.8. The van der Waals surface area contributed by atoms with Crippen LogP contribution in [0.15, 0.2) is 4.47 Å². The highest BCUT2D eigenvalue weighted by atomic mass is 79.9. The summed E-state index contributed by atoms with van der Waals surface area (Å²) in [5.41, 5.74) is 2.22. The molecule has 0 aliphatic carbocycles. The molecule has 0 radical (unpaired) electrons. The van der Waals surface area contributed by atoms with E-state index in [9.17, 15) is 0 Å². The van der Waals surface area contributed by atoms with Crippen molar-refractivity contribution < 1.29 is 0 Å². The number of hydrogen-bond donors (Lipinski definition) is 0. The first-order chi connectivity index (χ1) is 8.13. The summed E-state index contributed by atoms with van der Waals surface area (Å²) in [6, 6.07) is 2.19. The van der Waals surface area contributed by atoms with Crippen molar-refractivity contribution in [3.8, 4) is 6.07 Å². The van der Waals surface area contributed by atoms with Crippen LogP contribution in [-0.4, -0.2) is 27.8 Å². The fraction of sp³-hybridized carbons (Fsp3) is 0.667. The Balaban J connectivity index is 2.81. The maximum absolute atomic E-state index is 8.63. The van der Waals surface area contributed by atoms with Crippen molar-refractivity contribution in [2.45, 2.75) is 40.3 Å². The maximum atomic E-state index is 8.63. The molecule has 0 fully saturated rings. The normalized spacial score (nSPS) is 10.8. The second-order valence-electron chi connectivity index (χ2n) is 3.94. The van der Waals surface area contributed by atoms with E-state index in [1.165, 1.54) is 5.69 Å². The van der Waals surface area contributed by atoms with Crippen LogP contribution >= 0.6 is 15.9 Å². The molecular weight excluding hydrogens is 280 g/mol. The Morgan fingerprint density at radius 2 is 2.18 bits per heavy atom. The lowest BCUT2D eigenvalue weighted by Gasteiger charge is -2.19. The minimum atomic E-state index is 0.574. The predicted octanol–water partition coefficient (Wildman–Crippen LogP) is 2.71. The van der Waals surface area contributed by atoms with E-state index in [1.54, 1.807) is 0 Å². The predicted molar refractivity (Wildman–Crippen MR) is 71.5 cm³/mol. The van der Waals surface area contributed by atoms with Crippen molar-refractivity contribution in [1.82, 2.24) is 14.7 Å². The quantitative estimate of drug-likeness (QED) is 0.811. The molecule has 1 heterocycles. The van der Waals surface area contributed by atoms with Gasteiger partial charge in [-0.25, -0.2) is 0 Å². The summed E-state index contributed by atoms with van der Waals surface area (Å²) in [5.74, 6) is 0. The van der Waals surface area contributed by atoms with E-state index in [-0.39, 0.29) is 0 Å². The van der Waals surface area contributed by atoms with E-state index in [4.69, 9.17) is 5.26 Å². The van der Waals surface area contributed by atoms with Crippen LogP contribution in [0.4, 0.5) is 0 Å². The molecule has 0 amide bonds. The molecule has 0 N–H and O–H groups in total. The average molecular weight is 299 g/mol. The zero-order valence-corrected chi connectivity index (χ0v) is 12.3. The van der Waals surface area contributed by atoms with Gasteiger partial charge in [0.1, 0.15) is 0 Å². The van der Waals surface area contributed by atoms with Gasteiger partial charge in [0.15, 0.2) is 0 Å². The Morgan fingerprint density at radius 1 is 1.47 bits per heavy atom. The molecule has 0 saturated carbocycles. The molecule has 0 saturated heterocycles. The molecule has 0 aliphatic heterocycles. The Morgan fingerprint density at radius 3 is 2.71 bits per heavy atom. The van der Waals surface area contributed by atoms with Crippen molar-refractivity contribution in [3.63, 3.8) is 0 Å². The van der Waals surface area contributed by atoms with Gasteiger partial charge in [0.2, 0.25) is 0 Å². The molecule has 1 rings (SSSR count). The number of halogens is 1. The lowest BCUT2D eigenvalue weighted by molar-refractivity contribution is 0.276. The van der Waals surface area contributed by atoms with Crippen molar-refractivity contribution in [2.24, 2.45) is 0 Å². The van der Waals surface area contributed by atoms with E-state index in [0.29, 0.717) is 6.42 Å². The summed E-state index contributed by atoms with van der Waals surface area (Å²) < 4.78 is 3.11. The molecule has 0 aliphatic rings. The smallest absolute Gasteiger partial charge is 0.0739 e. The third-order valence-corrected chi connectivity index (χ3v) is 3.84. The number of hydrogen-bond acceptors (Lipinski definition) is 3. The molecule has 1 aromatic heterocycles. The van der Waals surface area contributed by atoms with Gasteiger partial charge in [-0.05, 0) is 36.3 Å². The van der Waals surface area contributed by atoms with Crippen LogP contribution in [0.1, 0.15) is 31.7 Å². The molecule has 0 aromatic carbocycles. The van der Waals surface area contributed by atoms with Gasteiger partial charge in [0, 0.05) is 26.1 Å². The van der Waals surface area contributed by atoms with Crippen molar-refractivity contribution >= 4 is 15.9 Å². The van der Waals surface area contributed by atoms with Crippen LogP contribution < -0.4 is 0 Å². The topological polar surface area (TPSA) is 44.9 Å². The lowest BCUT2D eigenvalue weighted by atomic mass is 10.3. The summed E-state index contributed by atoms with van der Waals surface area (Å²) in [6.45, 7) is 9.69. The molecule has 0 spiro atoms. The van der Waals surface area contributed by atoms with Crippen LogP contribution in [0.5, 0.6) is 0 Å². The SMILES string of the molecule is CCN(CCC#N)Cc1c(Br)c(C)nn1CC. The Hall–Kier alpha value is -0.860. The Bertz CT molecular complexity index is 405. The maximum Gasteiger partial charge on any atom is 0.0739 e. The summed E-state index contributed by atoms with van der Waals surface area (Å²) in [6.07, 6.45) is 0.574. The number of nitrogens with zero attached hydrogens (tertiary/aromatic N) is 4. The van der Waals surface area contributed by atoms with Gasteiger partial charge in [-0.15, -0.1) is 0 Å². The van der Waals surface area contributed by atoms with Crippen LogP contribution in [0.3, 0.4) is 0 Å². The first-order valence-electron chi connectivity index (χ1n) is 5.95. The molecule has 0 unspecified atom stereocenters. The number of aryl methyl sites for hydroxylation is 2. The highest BCUT2D eigenvalue weighted by molar-refractivity contribution is 9.10. The molecular formula is C12H19BrN4. The van der Waals surface area contributed by atoms with Gasteiger partial charge in [-0.2, -0.15) is 10.4 Å². The Labute approximate surface area is 111 Å². The molecule has 17 heavy (non-hydrogen) atoms. The van der Waals surface area contributed by atoms with E-state index in [2.05, 4.69) is 45.8 Å². The van der Waals surface area contributed by atoms with Crippen LogP contribution in [-0.2, 0) is 13.1 Å². The van der Waals surface area contributed by atoms with Gasteiger partial charge in [-0.3, -0.25) is 9.58 Å². The van der Waals surface area contributed by atoms with Crippen LogP contribution in [0.2, 0.25) is 0 Å². The number of nitriles is 1. The highest BCUT2D eigenvalue weighted by Crippen LogP contribution is 2.22. The number of aromatic nitrogens is 2. The van der Waals surface area contributed by atoms with Gasteiger partial charge in [0.25, 0.3) is 0 Å². The van der Waals surface area contributed by atoms with Gasteiger partial charge in [0.05, 0.1) is 21.9 Å². The summed E-state index contributed by atoms with van der Waals surface area (Å²) in [7, 11) is 0. The first kappa shape index (κ1) is 14.2. The summed E-state index contributed by atoms with van der Waals surface area (Å²) in [4.78, 5) is 2.26. The van der Waals surface area contributed by atoms with E-state index >= 15 is 0 Å². The molecule has 0 bridgehead atoms. The van der Waals surface area contributed by atoms with Crippen molar-refractivity contribution in [3.05, 3.63) is 15.9 Å². The standard InChI is InChI=1S/C12H19BrN4/c1-4-16(8-6-7-14)9-11-12(13)10(3)15-17(11)5-2/h4-6,8-9H2,1-3H3. The summed E-state index contributed by atoms with van der Waals surface area (Å²) in [5, 5.41) is 13.1. The van der Waals surface area contributed by atoms with Gasteiger partial charge < -0.3 is 0 Å². The van der Waals surface area contributed by atoms with E-state index in [0.717, 1.165) is 36.3 Å². The minimum absolute atomic E-state index is 0.574. The number of rotatable bonds is 6. The van der Waals surface area contributed by atoms with Crippen molar-refractivity contribution in [2.75, 3.05) is 13.1 Å². The van der Waals surface area contributed by atoms with E-state index in [1.807, 2.05) is 11.6 Å². The molecule has 0 atom stereocenters. The fourth-order valence-electron chi connectivity index (χ4n) is 1.79. The lowest BCUT2D eigenvalue weighted by Crippen LogP contribution is -2.25. The monoisotopic (exact) mass is 298 g/mol. The zero-order valence-electron chi connectivity index (χ0n) is 10.7. The minimum Gasteiger partial charge on any atom is -0.297 e. The average Bonchev–Trinajstić information content (AvgIpc) is 2.61. The first-order valence-corrected chi connectivity index (χ1v) is 6.74. The third-order valence-electron chi connectivity index (χ3n) is 2.81. The third kappa shape index (κ3) is 3.55. The second-order valence-corrected chi connectivity index (χ2v) is 4.73. The Kier molecular flexibility index (Phi) is 5.66. The van der Waals surface area contributed by atoms with Gasteiger partial charge in [-0.1, -0.05) is 6.92 Å².